The molecule has 1 aromatic carbocycles. The zero-order valence-corrected chi connectivity index (χ0v) is 12.7. The molecule has 0 spiro atoms. The summed E-state index contributed by atoms with van der Waals surface area (Å²) in [6.45, 7) is 2.18. The van der Waals surface area contributed by atoms with Crippen molar-refractivity contribution in [1.29, 1.82) is 0 Å². The number of benzene rings is 1. The molecule has 0 fully saturated rings. The fraction of sp³-hybridized carbons (Fsp3) is 0.333. The third kappa shape index (κ3) is 3.04. The Morgan fingerprint density at radius 1 is 1.35 bits per heavy atom. The van der Waals surface area contributed by atoms with Crippen LogP contribution in [0.4, 0.5) is 4.39 Å². The van der Waals surface area contributed by atoms with Crippen molar-refractivity contribution in [1.82, 2.24) is 0 Å². The summed E-state index contributed by atoms with van der Waals surface area (Å²) < 4.78 is 14.0. The quantitative estimate of drug-likeness (QED) is 0.880. The van der Waals surface area contributed by atoms with Crippen LogP contribution in [-0.4, -0.2) is 11.7 Å². The van der Waals surface area contributed by atoms with E-state index < -0.39 is 17.8 Å². The molecule has 2 atom stereocenters. The van der Waals surface area contributed by atoms with Crippen molar-refractivity contribution in [2.45, 2.75) is 25.4 Å². The lowest BCUT2D eigenvalue weighted by Gasteiger charge is -2.22. The fourth-order valence-electron chi connectivity index (χ4n) is 2.21. The lowest BCUT2D eigenvalue weighted by Crippen LogP contribution is -2.21. The second-order valence-corrected chi connectivity index (χ2v) is 6.19. The molecular weight excluding hydrogens is 297 g/mol. The molecule has 108 valence electrons. The Hall–Kier alpha value is -0.940. The van der Waals surface area contributed by atoms with Gasteiger partial charge in [-0.25, -0.2) is 4.39 Å². The maximum absolute atomic E-state index is 14.0. The van der Waals surface area contributed by atoms with Gasteiger partial charge < -0.3 is 10.8 Å². The molecular formula is C15H17ClFNOS. The van der Waals surface area contributed by atoms with Gasteiger partial charge in [0.1, 0.15) is 5.82 Å². The van der Waals surface area contributed by atoms with Gasteiger partial charge in [0, 0.05) is 32.8 Å². The molecule has 3 N–H and O–H groups in total. The highest BCUT2D eigenvalue weighted by Gasteiger charge is 2.27. The Morgan fingerprint density at radius 2 is 2.10 bits per heavy atom. The van der Waals surface area contributed by atoms with Crippen molar-refractivity contribution in [2.75, 3.05) is 6.54 Å². The molecule has 0 bridgehead atoms. The van der Waals surface area contributed by atoms with Crippen LogP contribution in [0.1, 0.15) is 34.3 Å². The molecule has 2 aromatic rings. The number of rotatable bonds is 5. The first-order valence-corrected chi connectivity index (χ1v) is 7.68. The second kappa shape index (κ2) is 6.68. The first-order valence-electron chi connectivity index (χ1n) is 6.49. The van der Waals surface area contributed by atoms with Crippen LogP contribution < -0.4 is 5.73 Å². The minimum Gasteiger partial charge on any atom is -0.387 e. The van der Waals surface area contributed by atoms with Crippen LogP contribution in [0.2, 0.25) is 5.02 Å². The van der Waals surface area contributed by atoms with Crippen molar-refractivity contribution in [2.24, 2.45) is 5.73 Å². The first kappa shape index (κ1) is 15.4. The molecule has 1 aromatic heterocycles. The Bertz CT molecular complexity index is 567. The third-order valence-electron chi connectivity index (χ3n) is 3.33. The van der Waals surface area contributed by atoms with Crippen molar-refractivity contribution < 1.29 is 9.50 Å². The molecule has 0 radical (unpaired) electrons. The molecule has 5 heteroatoms. The molecule has 20 heavy (non-hydrogen) atoms. The smallest absolute Gasteiger partial charge is 0.128 e. The van der Waals surface area contributed by atoms with E-state index >= 15 is 0 Å². The molecule has 2 nitrogen and oxygen atoms in total. The Labute approximate surface area is 127 Å². The Morgan fingerprint density at radius 3 is 2.65 bits per heavy atom. The van der Waals surface area contributed by atoms with Crippen molar-refractivity contribution >= 4 is 22.9 Å². The van der Waals surface area contributed by atoms with Crippen LogP contribution in [0.25, 0.3) is 0 Å². The average molecular weight is 314 g/mol. The number of thiophene rings is 1. The van der Waals surface area contributed by atoms with Crippen LogP contribution in [0.15, 0.2) is 30.3 Å². The van der Waals surface area contributed by atoms with Crippen LogP contribution in [0.3, 0.4) is 0 Å². The first-order chi connectivity index (χ1) is 9.58. The normalized spacial score (nSPS) is 14.2. The van der Waals surface area contributed by atoms with Gasteiger partial charge in [-0.1, -0.05) is 24.6 Å². The molecule has 2 unspecified atom stereocenters. The lowest BCUT2D eigenvalue weighted by molar-refractivity contribution is 0.149. The van der Waals surface area contributed by atoms with E-state index in [0.29, 0.717) is 5.02 Å². The number of aliphatic hydroxyl groups excluding tert-OH is 1. The predicted octanol–water partition coefficient (Wildman–Crippen LogP) is 3.88. The summed E-state index contributed by atoms with van der Waals surface area (Å²) in [5, 5.41) is 10.8. The van der Waals surface area contributed by atoms with Crippen LogP contribution in [0, 0.1) is 5.82 Å². The monoisotopic (exact) mass is 313 g/mol. The van der Waals surface area contributed by atoms with E-state index in [1.807, 2.05) is 12.1 Å². The van der Waals surface area contributed by atoms with E-state index in [4.69, 9.17) is 17.3 Å². The summed E-state index contributed by atoms with van der Waals surface area (Å²) in [5.41, 5.74) is 6.03. The summed E-state index contributed by atoms with van der Waals surface area (Å²) in [6.07, 6.45) is 0.0604. The lowest BCUT2D eigenvalue weighted by atomic mass is 9.92. The molecule has 1 heterocycles. The van der Waals surface area contributed by atoms with E-state index in [0.717, 1.165) is 11.3 Å². The van der Waals surface area contributed by atoms with Gasteiger partial charge in [-0.05, 0) is 30.7 Å². The zero-order chi connectivity index (χ0) is 14.7. The number of hydrogen-bond donors (Lipinski definition) is 2. The van der Waals surface area contributed by atoms with Crippen LogP contribution in [0.5, 0.6) is 0 Å². The van der Waals surface area contributed by atoms with Gasteiger partial charge in [0.2, 0.25) is 0 Å². The zero-order valence-electron chi connectivity index (χ0n) is 11.1. The van der Waals surface area contributed by atoms with Gasteiger partial charge in [0.05, 0.1) is 6.10 Å². The van der Waals surface area contributed by atoms with Gasteiger partial charge in [-0.2, -0.15) is 0 Å². The number of halogens is 2. The molecule has 2 rings (SSSR count). The maximum Gasteiger partial charge on any atom is 0.128 e. The van der Waals surface area contributed by atoms with Gasteiger partial charge in [-0.15, -0.1) is 11.3 Å². The third-order valence-corrected chi connectivity index (χ3v) is 4.96. The van der Waals surface area contributed by atoms with Gasteiger partial charge in [-0.3, -0.25) is 0 Å². The SMILES string of the molecule is CCc1ccc(C(O)C(CN)c2c(F)cccc2Cl)s1. The fourth-order valence-corrected chi connectivity index (χ4v) is 3.52. The predicted molar refractivity (Wildman–Crippen MR) is 81.9 cm³/mol. The minimum atomic E-state index is -0.847. The van der Waals surface area contributed by atoms with Crippen LogP contribution >= 0.6 is 22.9 Å². The highest BCUT2D eigenvalue weighted by Crippen LogP contribution is 2.38. The number of aliphatic hydroxyl groups is 1. The largest absolute Gasteiger partial charge is 0.387 e. The average Bonchev–Trinajstić information content (AvgIpc) is 2.91. The summed E-state index contributed by atoms with van der Waals surface area (Å²) in [4.78, 5) is 1.96. The topological polar surface area (TPSA) is 46.2 Å². The van der Waals surface area contributed by atoms with Gasteiger partial charge in [0.25, 0.3) is 0 Å². The highest BCUT2D eigenvalue weighted by atomic mass is 35.5. The summed E-state index contributed by atoms with van der Waals surface area (Å²) in [6, 6.07) is 8.33. The van der Waals surface area contributed by atoms with E-state index in [1.54, 1.807) is 12.1 Å². The van der Waals surface area contributed by atoms with Crippen molar-refractivity contribution in [3.8, 4) is 0 Å². The molecule has 0 saturated carbocycles. The van der Waals surface area contributed by atoms with E-state index in [9.17, 15) is 9.50 Å². The number of hydrogen-bond acceptors (Lipinski definition) is 3. The molecule has 0 aliphatic rings. The summed E-state index contributed by atoms with van der Waals surface area (Å²) >= 11 is 7.58. The number of nitrogens with two attached hydrogens (primary N) is 1. The molecule has 0 aliphatic carbocycles. The van der Waals surface area contributed by atoms with Crippen molar-refractivity contribution in [3.05, 3.63) is 56.5 Å². The van der Waals surface area contributed by atoms with Crippen molar-refractivity contribution in [3.63, 3.8) is 0 Å². The van der Waals surface area contributed by atoms with E-state index in [-0.39, 0.29) is 12.1 Å². The highest BCUT2D eigenvalue weighted by molar-refractivity contribution is 7.12. The number of aryl methyl sites for hydroxylation is 1. The standard InChI is InChI=1S/C15H17ClFNOS/c1-2-9-6-7-13(20-9)15(19)10(8-18)14-11(16)4-3-5-12(14)17/h3-7,10,15,19H,2,8,18H2,1H3. The molecule has 0 amide bonds. The maximum atomic E-state index is 14.0. The van der Waals surface area contributed by atoms with E-state index in [1.165, 1.54) is 22.3 Å². The summed E-state index contributed by atoms with van der Waals surface area (Å²) in [7, 11) is 0. The molecule has 0 aliphatic heterocycles. The Balaban J connectivity index is 2.36. The Kier molecular flexibility index (Phi) is 5.16. The summed E-state index contributed by atoms with van der Waals surface area (Å²) in [5.74, 6) is -0.980. The minimum absolute atomic E-state index is 0.126. The van der Waals surface area contributed by atoms with E-state index in [2.05, 4.69) is 6.92 Å². The second-order valence-electron chi connectivity index (χ2n) is 4.58. The molecule has 0 saturated heterocycles. The van der Waals surface area contributed by atoms with Gasteiger partial charge >= 0.3 is 0 Å². The van der Waals surface area contributed by atoms with Gasteiger partial charge in [0.15, 0.2) is 0 Å². The van der Waals surface area contributed by atoms with Crippen LogP contribution in [-0.2, 0) is 6.42 Å².